The summed E-state index contributed by atoms with van der Waals surface area (Å²) in [5.74, 6) is 1.23. The van der Waals surface area contributed by atoms with Crippen molar-refractivity contribution < 1.29 is 9.53 Å². The van der Waals surface area contributed by atoms with Gasteiger partial charge in [0, 0.05) is 17.8 Å². The topological polar surface area (TPSA) is 39.2 Å². The molecule has 0 spiro atoms. The van der Waals surface area contributed by atoms with Crippen LogP contribution in [0.4, 0.5) is 0 Å². The van der Waals surface area contributed by atoms with Gasteiger partial charge in [0.15, 0.2) is 6.29 Å². The fourth-order valence-electron chi connectivity index (χ4n) is 1.42. The summed E-state index contributed by atoms with van der Waals surface area (Å²) in [6, 6.07) is 9.22. The highest BCUT2D eigenvalue weighted by atomic mass is 16.5. The number of aromatic nitrogens is 1. The molecule has 0 bridgehead atoms. The average Bonchev–Trinajstić information content (AvgIpc) is 2.35. The third-order valence-electron chi connectivity index (χ3n) is 2.60. The van der Waals surface area contributed by atoms with Crippen molar-refractivity contribution in [3.8, 4) is 11.6 Å². The van der Waals surface area contributed by atoms with Gasteiger partial charge in [0.1, 0.15) is 5.75 Å². The van der Waals surface area contributed by atoms with Gasteiger partial charge in [-0.05, 0) is 43.2 Å². The van der Waals surface area contributed by atoms with E-state index in [1.807, 2.05) is 25.1 Å². The summed E-state index contributed by atoms with van der Waals surface area (Å²) in [5.41, 5.74) is 2.94. The molecule has 17 heavy (non-hydrogen) atoms. The summed E-state index contributed by atoms with van der Waals surface area (Å²) < 4.78 is 5.59. The second-order valence-corrected chi connectivity index (χ2v) is 3.90. The lowest BCUT2D eigenvalue weighted by molar-refractivity contribution is 0.112. The number of carbonyl (C=O) groups is 1. The van der Waals surface area contributed by atoms with Crippen LogP contribution in [0.5, 0.6) is 11.6 Å². The Bertz CT molecular complexity index is 532. The summed E-state index contributed by atoms with van der Waals surface area (Å²) in [6.07, 6.45) is 2.25. The first-order chi connectivity index (χ1) is 8.19. The molecule has 3 heteroatoms. The summed E-state index contributed by atoms with van der Waals surface area (Å²) in [4.78, 5) is 14.5. The predicted molar refractivity (Wildman–Crippen MR) is 65.6 cm³/mol. The molecule has 0 saturated heterocycles. The van der Waals surface area contributed by atoms with Crippen molar-refractivity contribution in [1.82, 2.24) is 4.98 Å². The van der Waals surface area contributed by atoms with Crippen molar-refractivity contribution in [3.63, 3.8) is 0 Å². The first-order valence-corrected chi connectivity index (χ1v) is 5.35. The second-order valence-electron chi connectivity index (χ2n) is 3.90. The molecule has 0 amide bonds. The van der Waals surface area contributed by atoms with Gasteiger partial charge in [0.05, 0.1) is 0 Å². The van der Waals surface area contributed by atoms with Crippen LogP contribution in [-0.4, -0.2) is 11.3 Å². The molecule has 2 rings (SSSR count). The molecule has 0 unspecified atom stereocenters. The van der Waals surface area contributed by atoms with Crippen molar-refractivity contribution in [1.29, 1.82) is 0 Å². The number of hydrogen-bond donors (Lipinski definition) is 0. The van der Waals surface area contributed by atoms with Crippen molar-refractivity contribution in [2.45, 2.75) is 13.8 Å². The molecule has 0 aliphatic carbocycles. The summed E-state index contributed by atoms with van der Waals surface area (Å²) in [6.45, 7) is 4.08. The van der Waals surface area contributed by atoms with Crippen LogP contribution < -0.4 is 4.74 Å². The Morgan fingerprint density at radius 1 is 1.12 bits per heavy atom. The number of aldehydes is 1. The van der Waals surface area contributed by atoms with Gasteiger partial charge in [-0.1, -0.05) is 6.07 Å². The van der Waals surface area contributed by atoms with Gasteiger partial charge >= 0.3 is 0 Å². The van der Waals surface area contributed by atoms with E-state index in [1.54, 1.807) is 12.1 Å². The van der Waals surface area contributed by atoms with E-state index in [2.05, 4.69) is 11.9 Å². The van der Waals surface area contributed by atoms with E-state index in [9.17, 15) is 4.79 Å². The molecule has 1 aromatic heterocycles. The fourth-order valence-corrected chi connectivity index (χ4v) is 1.42. The van der Waals surface area contributed by atoms with Gasteiger partial charge in [-0.3, -0.25) is 4.79 Å². The third-order valence-corrected chi connectivity index (χ3v) is 2.60. The average molecular weight is 227 g/mol. The van der Waals surface area contributed by atoms with Crippen LogP contribution in [0, 0.1) is 13.8 Å². The number of rotatable bonds is 3. The monoisotopic (exact) mass is 227 g/mol. The fraction of sp³-hybridized carbons (Fsp3) is 0.143. The summed E-state index contributed by atoms with van der Waals surface area (Å²) >= 11 is 0. The number of pyridine rings is 1. The first-order valence-electron chi connectivity index (χ1n) is 5.35. The zero-order chi connectivity index (χ0) is 12.3. The number of hydrogen-bond acceptors (Lipinski definition) is 3. The first kappa shape index (κ1) is 11.3. The number of carbonyl (C=O) groups excluding carboxylic acids is 1. The maximum Gasteiger partial charge on any atom is 0.219 e. The maximum atomic E-state index is 10.5. The highest BCUT2D eigenvalue weighted by molar-refractivity contribution is 5.74. The zero-order valence-corrected chi connectivity index (χ0v) is 9.81. The Balaban J connectivity index is 2.19. The largest absolute Gasteiger partial charge is 0.439 e. The van der Waals surface area contributed by atoms with Crippen LogP contribution in [0.3, 0.4) is 0 Å². The van der Waals surface area contributed by atoms with Crippen molar-refractivity contribution in [2.24, 2.45) is 0 Å². The highest BCUT2D eigenvalue weighted by Gasteiger charge is 2.00. The van der Waals surface area contributed by atoms with Gasteiger partial charge in [-0.25, -0.2) is 4.98 Å². The van der Waals surface area contributed by atoms with Crippen LogP contribution in [0.25, 0.3) is 0 Å². The lowest BCUT2D eigenvalue weighted by atomic mass is 10.1. The number of ether oxygens (including phenoxy) is 1. The lowest BCUT2D eigenvalue weighted by Crippen LogP contribution is -1.90. The Kier molecular flexibility index (Phi) is 3.19. The van der Waals surface area contributed by atoms with Crippen LogP contribution >= 0.6 is 0 Å². The van der Waals surface area contributed by atoms with Gasteiger partial charge < -0.3 is 4.74 Å². The lowest BCUT2D eigenvalue weighted by Gasteiger charge is -2.06. The van der Waals surface area contributed by atoms with Crippen molar-refractivity contribution in [3.05, 3.63) is 53.2 Å². The van der Waals surface area contributed by atoms with E-state index >= 15 is 0 Å². The van der Waals surface area contributed by atoms with Crippen LogP contribution in [0.2, 0.25) is 0 Å². The number of benzene rings is 1. The molecule has 0 fully saturated rings. The molecule has 2 aromatic rings. The van der Waals surface area contributed by atoms with E-state index < -0.39 is 0 Å². The molecular formula is C14H13NO2. The molecule has 0 saturated carbocycles. The van der Waals surface area contributed by atoms with E-state index in [-0.39, 0.29) is 0 Å². The standard InChI is InChI=1S/C14H13NO2/c1-10-3-5-13(7-11(10)2)17-14-6-4-12(9-16)8-15-14/h3-9H,1-2H3. The summed E-state index contributed by atoms with van der Waals surface area (Å²) in [5, 5.41) is 0. The van der Waals surface area contributed by atoms with Crippen molar-refractivity contribution >= 4 is 6.29 Å². The summed E-state index contributed by atoms with van der Waals surface area (Å²) in [7, 11) is 0. The molecule has 3 nitrogen and oxygen atoms in total. The number of nitrogens with zero attached hydrogens (tertiary/aromatic N) is 1. The Labute approximate surface area is 100 Å². The van der Waals surface area contributed by atoms with Crippen LogP contribution in [-0.2, 0) is 0 Å². The van der Waals surface area contributed by atoms with Crippen LogP contribution in [0.15, 0.2) is 36.5 Å². The van der Waals surface area contributed by atoms with Gasteiger partial charge in [0.2, 0.25) is 5.88 Å². The Hall–Kier alpha value is -2.16. The van der Waals surface area contributed by atoms with E-state index in [1.165, 1.54) is 17.3 Å². The maximum absolute atomic E-state index is 10.5. The second kappa shape index (κ2) is 4.78. The molecule has 1 aromatic carbocycles. The minimum Gasteiger partial charge on any atom is -0.439 e. The number of aryl methyl sites for hydroxylation is 2. The van der Waals surface area contributed by atoms with E-state index in [4.69, 9.17) is 4.74 Å². The molecule has 0 aliphatic heterocycles. The third kappa shape index (κ3) is 2.69. The Morgan fingerprint density at radius 2 is 1.94 bits per heavy atom. The van der Waals surface area contributed by atoms with Crippen LogP contribution in [0.1, 0.15) is 21.5 Å². The quantitative estimate of drug-likeness (QED) is 0.755. The van der Waals surface area contributed by atoms with Gasteiger partial charge in [-0.15, -0.1) is 0 Å². The Morgan fingerprint density at radius 3 is 2.53 bits per heavy atom. The predicted octanol–water partition coefficient (Wildman–Crippen LogP) is 3.30. The van der Waals surface area contributed by atoms with Crippen molar-refractivity contribution in [2.75, 3.05) is 0 Å². The zero-order valence-electron chi connectivity index (χ0n) is 9.81. The molecular weight excluding hydrogens is 214 g/mol. The highest BCUT2D eigenvalue weighted by Crippen LogP contribution is 2.21. The SMILES string of the molecule is Cc1ccc(Oc2ccc(C=O)cn2)cc1C. The molecule has 0 aliphatic rings. The molecule has 0 N–H and O–H groups in total. The molecule has 86 valence electrons. The normalized spacial score (nSPS) is 10.0. The van der Waals surface area contributed by atoms with Gasteiger partial charge in [-0.2, -0.15) is 0 Å². The minimum absolute atomic E-state index is 0.485. The minimum atomic E-state index is 0.485. The van der Waals surface area contributed by atoms with Gasteiger partial charge in [0.25, 0.3) is 0 Å². The molecule has 0 radical (unpaired) electrons. The molecule has 0 atom stereocenters. The smallest absolute Gasteiger partial charge is 0.219 e. The van der Waals surface area contributed by atoms with E-state index in [0.717, 1.165) is 12.0 Å². The van der Waals surface area contributed by atoms with E-state index in [0.29, 0.717) is 11.4 Å². The molecule has 1 heterocycles.